The lowest BCUT2D eigenvalue weighted by molar-refractivity contribution is 0.0602. The predicted molar refractivity (Wildman–Crippen MR) is 74.5 cm³/mol. The van der Waals surface area contributed by atoms with Crippen molar-refractivity contribution in [1.29, 1.82) is 0 Å². The van der Waals surface area contributed by atoms with E-state index in [2.05, 4.69) is 4.98 Å². The quantitative estimate of drug-likeness (QED) is 0.854. The molecular formula is C14H15N3O2. The van der Waals surface area contributed by atoms with Gasteiger partial charge in [-0.25, -0.2) is 9.78 Å². The molecule has 5 heteroatoms. The Morgan fingerprint density at radius 1 is 1.26 bits per heavy atom. The minimum atomic E-state index is -0.470. The number of ether oxygens (including phenoxy) is 1. The number of benzene rings is 1. The molecule has 2 N–H and O–H groups in total. The molecule has 0 atom stereocenters. The fourth-order valence-electron chi connectivity index (χ4n) is 1.79. The van der Waals surface area contributed by atoms with Gasteiger partial charge < -0.3 is 15.4 Å². The molecule has 0 aliphatic carbocycles. The fraction of sp³-hybridized carbons (Fsp3) is 0.143. The van der Waals surface area contributed by atoms with Crippen LogP contribution in [0.1, 0.15) is 10.4 Å². The number of rotatable bonds is 3. The van der Waals surface area contributed by atoms with Gasteiger partial charge in [0, 0.05) is 18.9 Å². The summed E-state index contributed by atoms with van der Waals surface area (Å²) in [4.78, 5) is 17.6. The number of aromatic nitrogens is 1. The number of pyridine rings is 1. The van der Waals surface area contributed by atoms with Crippen LogP contribution in [0.5, 0.6) is 0 Å². The molecule has 0 bridgehead atoms. The second-order valence-electron chi connectivity index (χ2n) is 3.98. The number of para-hydroxylation sites is 1. The molecule has 2 rings (SSSR count). The first kappa shape index (κ1) is 12.9. The third-order valence-electron chi connectivity index (χ3n) is 2.84. The van der Waals surface area contributed by atoms with Gasteiger partial charge in [0.1, 0.15) is 0 Å². The maximum absolute atomic E-state index is 11.6. The highest BCUT2D eigenvalue weighted by Crippen LogP contribution is 2.28. The molecule has 0 aliphatic heterocycles. The normalized spacial score (nSPS) is 10.0. The zero-order valence-corrected chi connectivity index (χ0v) is 10.8. The Labute approximate surface area is 111 Å². The predicted octanol–water partition coefficient (Wildman–Crippen LogP) is 2.22. The second-order valence-corrected chi connectivity index (χ2v) is 3.98. The Morgan fingerprint density at radius 2 is 1.95 bits per heavy atom. The maximum Gasteiger partial charge on any atom is 0.340 e. The molecule has 19 heavy (non-hydrogen) atoms. The van der Waals surface area contributed by atoms with E-state index in [0.717, 1.165) is 5.69 Å². The van der Waals surface area contributed by atoms with Crippen molar-refractivity contribution in [2.75, 3.05) is 24.8 Å². The third-order valence-corrected chi connectivity index (χ3v) is 2.84. The standard InChI is InChI=1S/C14H15N3O2/c1-17(10-6-4-3-5-7-10)13-12(15)11(8-9-16-13)14(18)19-2/h3-9H,15H2,1-2H3. The number of methoxy groups -OCH3 is 1. The highest BCUT2D eigenvalue weighted by Gasteiger charge is 2.16. The third kappa shape index (κ3) is 2.49. The molecule has 0 fully saturated rings. The number of nitrogens with two attached hydrogens (primary N) is 1. The van der Waals surface area contributed by atoms with E-state index in [0.29, 0.717) is 17.1 Å². The fourth-order valence-corrected chi connectivity index (χ4v) is 1.79. The van der Waals surface area contributed by atoms with Crippen LogP contribution in [0, 0.1) is 0 Å². The summed E-state index contributed by atoms with van der Waals surface area (Å²) in [5.74, 6) is 0.0525. The lowest BCUT2D eigenvalue weighted by Gasteiger charge is -2.20. The Hall–Kier alpha value is -2.56. The first-order valence-electron chi connectivity index (χ1n) is 5.76. The van der Waals surface area contributed by atoms with E-state index in [4.69, 9.17) is 10.5 Å². The van der Waals surface area contributed by atoms with Crippen molar-refractivity contribution in [1.82, 2.24) is 4.98 Å². The summed E-state index contributed by atoms with van der Waals surface area (Å²) >= 11 is 0. The van der Waals surface area contributed by atoms with Crippen molar-refractivity contribution >= 4 is 23.2 Å². The molecule has 0 amide bonds. The minimum absolute atomic E-state index is 0.306. The van der Waals surface area contributed by atoms with Crippen LogP contribution in [0.15, 0.2) is 42.6 Å². The molecule has 5 nitrogen and oxygen atoms in total. The monoisotopic (exact) mass is 257 g/mol. The molecular weight excluding hydrogens is 242 g/mol. The largest absolute Gasteiger partial charge is 0.465 e. The number of esters is 1. The number of hydrogen-bond acceptors (Lipinski definition) is 5. The second kappa shape index (κ2) is 5.39. The van der Waals surface area contributed by atoms with Gasteiger partial charge in [-0.3, -0.25) is 0 Å². The Bertz CT molecular complexity index is 584. The number of carbonyl (C=O) groups is 1. The molecule has 0 saturated carbocycles. The zero-order valence-electron chi connectivity index (χ0n) is 10.8. The van der Waals surface area contributed by atoms with Crippen LogP contribution >= 0.6 is 0 Å². The molecule has 0 unspecified atom stereocenters. The highest BCUT2D eigenvalue weighted by molar-refractivity contribution is 5.98. The first-order chi connectivity index (χ1) is 9.15. The summed E-state index contributed by atoms with van der Waals surface area (Å²) in [5.41, 5.74) is 7.55. The van der Waals surface area contributed by atoms with Crippen LogP contribution in [-0.4, -0.2) is 25.1 Å². The van der Waals surface area contributed by atoms with Gasteiger partial charge in [0.15, 0.2) is 5.82 Å². The van der Waals surface area contributed by atoms with Gasteiger partial charge in [0.05, 0.1) is 18.4 Å². The zero-order chi connectivity index (χ0) is 13.8. The van der Waals surface area contributed by atoms with Crippen molar-refractivity contribution < 1.29 is 9.53 Å². The smallest absolute Gasteiger partial charge is 0.340 e. The van der Waals surface area contributed by atoms with Crippen LogP contribution in [0.25, 0.3) is 0 Å². The van der Waals surface area contributed by atoms with Crippen molar-refractivity contribution in [3.05, 3.63) is 48.2 Å². The van der Waals surface area contributed by atoms with Gasteiger partial charge in [-0.2, -0.15) is 0 Å². The van der Waals surface area contributed by atoms with Gasteiger partial charge in [0.2, 0.25) is 0 Å². The van der Waals surface area contributed by atoms with Crippen LogP contribution in [-0.2, 0) is 4.74 Å². The van der Waals surface area contributed by atoms with E-state index in [1.54, 1.807) is 6.07 Å². The molecule has 98 valence electrons. The van der Waals surface area contributed by atoms with Crippen molar-refractivity contribution in [3.8, 4) is 0 Å². The lowest BCUT2D eigenvalue weighted by atomic mass is 10.2. The first-order valence-corrected chi connectivity index (χ1v) is 5.76. The summed E-state index contributed by atoms with van der Waals surface area (Å²) in [6, 6.07) is 11.2. The summed E-state index contributed by atoms with van der Waals surface area (Å²) in [5, 5.41) is 0. The highest BCUT2D eigenvalue weighted by atomic mass is 16.5. The number of nitrogens with zero attached hydrogens (tertiary/aromatic N) is 2. The van der Waals surface area contributed by atoms with Gasteiger partial charge in [0.25, 0.3) is 0 Å². The number of carbonyl (C=O) groups excluding carboxylic acids is 1. The molecule has 0 saturated heterocycles. The van der Waals surface area contributed by atoms with E-state index in [-0.39, 0.29) is 0 Å². The van der Waals surface area contributed by atoms with Gasteiger partial charge in [-0.15, -0.1) is 0 Å². The minimum Gasteiger partial charge on any atom is -0.465 e. The van der Waals surface area contributed by atoms with Crippen LogP contribution < -0.4 is 10.6 Å². The Morgan fingerprint density at radius 3 is 2.58 bits per heavy atom. The maximum atomic E-state index is 11.6. The topological polar surface area (TPSA) is 68.5 Å². The van der Waals surface area contributed by atoms with Gasteiger partial charge >= 0.3 is 5.97 Å². The molecule has 1 aromatic heterocycles. The average molecular weight is 257 g/mol. The summed E-state index contributed by atoms with van der Waals surface area (Å²) < 4.78 is 4.69. The Kier molecular flexibility index (Phi) is 3.66. The van der Waals surface area contributed by atoms with Crippen molar-refractivity contribution in [2.24, 2.45) is 0 Å². The van der Waals surface area contributed by atoms with E-state index in [9.17, 15) is 4.79 Å². The van der Waals surface area contributed by atoms with Crippen LogP contribution in [0.4, 0.5) is 17.2 Å². The Balaban J connectivity index is 2.43. The van der Waals surface area contributed by atoms with Crippen LogP contribution in [0.3, 0.4) is 0 Å². The number of nitrogen functional groups attached to an aromatic ring is 1. The SMILES string of the molecule is COC(=O)c1ccnc(N(C)c2ccccc2)c1N. The molecule has 1 heterocycles. The van der Waals surface area contributed by atoms with Gasteiger partial charge in [-0.1, -0.05) is 18.2 Å². The van der Waals surface area contributed by atoms with E-state index in [1.165, 1.54) is 13.3 Å². The molecule has 0 radical (unpaired) electrons. The number of anilines is 3. The summed E-state index contributed by atoms with van der Waals surface area (Å²) in [7, 11) is 3.16. The average Bonchev–Trinajstić information content (AvgIpc) is 2.47. The van der Waals surface area contributed by atoms with Crippen molar-refractivity contribution in [2.45, 2.75) is 0 Å². The summed E-state index contributed by atoms with van der Waals surface area (Å²) in [6.07, 6.45) is 1.54. The van der Waals surface area contributed by atoms with E-state index >= 15 is 0 Å². The number of hydrogen-bond donors (Lipinski definition) is 1. The van der Waals surface area contributed by atoms with Gasteiger partial charge in [-0.05, 0) is 18.2 Å². The molecule has 1 aromatic carbocycles. The molecule has 2 aromatic rings. The lowest BCUT2D eigenvalue weighted by Crippen LogP contribution is -2.16. The van der Waals surface area contributed by atoms with E-state index < -0.39 is 5.97 Å². The summed E-state index contributed by atoms with van der Waals surface area (Å²) in [6.45, 7) is 0. The van der Waals surface area contributed by atoms with Crippen molar-refractivity contribution in [3.63, 3.8) is 0 Å². The molecule has 0 aliphatic rings. The van der Waals surface area contributed by atoms with E-state index in [1.807, 2.05) is 42.3 Å². The molecule has 0 spiro atoms. The van der Waals surface area contributed by atoms with Crippen LogP contribution in [0.2, 0.25) is 0 Å².